The topological polar surface area (TPSA) is 105 Å². The van der Waals surface area contributed by atoms with Crippen LogP contribution in [0.4, 0.5) is 15.6 Å². The molecule has 0 aliphatic rings. The molecule has 2 aromatic rings. The number of imide groups is 1. The van der Waals surface area contributed by atoms with Gasteiger partial charge in [-0.05, 0) is 19.1 Å². The summed E-state index contributed by atoms with van der Waals surface area (Å²) in [4.78, 5) is 23.1. The molecule has 1 aromatic heterocycles. The molecular formula is C16H19N5O3S2. The molecule has 0 saturated heterocycles. The Kier molecular flexibility index (Phi) is 7.90. The fourth-order valence-electron chi connectivity index (χ4n) is 1.78. The highest BCUT2D eigenvalue weighted by Crippen LogP contribution is 2.31. The van der Waals surface area contributed by atoms with Crippen molar-refractivity contribution in [3.8, 4) is 5.75 Å². The molecule has 138 valence electrons. The maximum absolute atomic E-state index is 11.7. The highest BCUT2D eigenvalue weighted by atomic mass is 32.2. The highest BCUT2D eigenvalue weighted by molar-refractivity contribution is 8.01. The van der Waals surface area contributed by atoms with Gasteiger partial charge in [0.05, 0.1) is 18.0 Å². The van der Waals surface area contributed by atoms with Gasteiger partial charge in [-0.1, -0.05) is 41.3 Å². The van der Waals surface area contributed by atoms with Crippen LogP contribution in [-0.4, -0.2) is 41.0 Å². The van der Waals surface area contributed by atoms with Crippen LogP contribution < -0.4 is 20.7 Å². The minimum Gasteiger partial charge on any atom is -0.492 e. The number of rotatable bonds is 9. The third-order valence-corrected chi connectivity index (χ3v) is 4.79. The number of amides is 3. The maximum Gasteiger partial charge on any atom is 0.321 e. The number of nitrogens with zero attached hydrogens (tertiary/aromatic N) is 2. The van der Waals surface area contributed by atoms with Gasteiger partial charge in [-0.15, -0.1) is 16.8 Å². The zero-order valence-corrected chi connectivity index (χ0v) is 15.8. The molecule has 3 N–H and O–H groups in total. The fourth-order valence-corrected chi connectivity index (χ4v) is 3.35. The molecule has 1 heterocycles. The van der Waals surface area contributed by atoms with Gasteiger partial charge in [0.25, 0.3) is 0 Å². The molecule has 0 unspecified atom stereocenters. The number of carbonyl (C=O) groups excluding carboxylic acids is 2. The Hall–Kier alpha value is -2.59. The highest BCUT2D eigenvalue weighted by Gasteiger charge is 2.11. The predicted octanol–water partition coefficient (Wildman–Crippen LogP) is 2.78. The molecule has 0 atom stereocenters. The van der Waals surface area contributed by atoms with Gasteiger partial charge in [0.2, 0.25) is 11.0 Å². The Morgan fingerprint density at radius 1 is 1.35 bits per heavy atom. The number of hydrogen-bond acceptors (Lipinski definition) is 8. The average Bonchev–Trinajstić information content (AvgIpc) is 3.07. The molecule has 8 nitrogen and oxygen atoms in total. The van der Waals surface area contributed by atoms with Crippen LogP contribution in [0.25, 0.3) is 0 Å². The summed E-state index contributed by atoms with van der Waals surface area (Å²) in [5, 5.41) is 16.5. The normalized spacial score (nSPS) is 10.0. The number of aromatic nitrogens is 2. The number of urea groups is 1. The zero-order chi connectivity index (χ0) is 18.8. The summed E-state index contributed by atoms with van der Waals surface area (Å²) in [6.07, 6.45) is 1.53. The molecule has 0 aliphatic carbocycles. The summed E-state index contributed by atoms with van der Waals surface area (Å²) >= 11 is 2.51. The standard InChI is InChI=1S/C16H19N5O3S2/c1-3-9-17-14(23)19-13(22)10-25-16-21-20-15(26-16)18-11-7-5-6-8-12(11)24-4-2/h3,5-8H,1,4,9-10H2,2H3,(H,18,20)(H2,17,19,22,23). The summed E-state index contributed by atoms with van der Waals surface area (Å²) in [6.45, 7) is 6.25. The number of anilines is 2. The van der Waals surface area contributed by atoms with Crippen molar-refractivity contribution in [3.63, 3.8) is 0 Å². The second kappa shape index (κ2) is 10.4. The van der Waals surface area contributed by atoms with E-state index in [-0.39, 0.29) is 5.75 Å². The number of nitrogens with one attached hydrogen (secondary N) is 3. The van der Waals surface area contributed by atoms with E-state index in [0.717, 1.165) is 11.4 Å². The first-order valence-corrected chi connectivity index (χ1v) is 9.56. The molecule has 26 heavy (non-hydrogen) atoms. The van der Waals surface area contributed by atoms with Gasteiger partial charge in [0.1, 0.15) is 5.75 Å². The third-order valence-electron chi connectivity index (χ3n) is 2.82. The minimum absolute atomic E-state index is 0.0612. The van der Waals surface area contributed by atoms with Gasteiger partial charge in [-0.25, -0.2) is 4.79 Å². The van der Waals surface area contributed by atoms with Crippen molar-refractivity contribution >= 4 is 45.9 Å². The molecule has 2 rings (SSSR count). The van der Waals surface area contributed by atoms with E-state index < -0.39 is 11.9 Å². The van der Waals surface area contributed by atoms with E-state index in [1.54, 1.807) is 0 Å². The van der Waals surface area contributed by atoms with E-state index in [4.69, 9.17) is 4.74 Å². The number of carbonyl (C=O) groups is 2. The van der Waals surface area contributed by atoms with Crippen molar-refractivity contribution in [2.24, 2.45) is 0 Å². The molecule has 0 saturated carbocycles. The molecule has 0 fully saturated rings. The molecule has 3 amide bonds. The quantitative estimate of drug-likeness (QED) is 0.444. The van der Waals surface area contributed by atoms with Crippen molar-refractivity contribution < 1.29 is 14.3 Å². The Bertz CT molecular complexity index is 766. The summed E-state index contributed by atoms with van der Waals surface area (Å²) in [5.74, 6) is 0.373. The molecule has 0 radical (unpaired) electrons. The van der Waals surface area contributed by atoms with E-state index in [1.165, 1.54) is 29.2 Å². The van der Waals surface area contributed by atoms with E-state index >= 15 is 0 Å². The number of ether oxygens (including phenoxy) is 1. The number of para-hydroxylation sites is 2. The fraction of sp³-hybridized carbons (Fsp3) is 0.250. The largest absolute Gasteiger partial charge is 0.492 e. The van der Waals surface area contributed by atoms with Crippen molar-refractivity contribution in [1.82, 2.24) is 20.8 Å². The third kappa shape index (κ3) is 6.37. The molecule has 10 heteroatoms. The summed E-state index contributed by atoms with van der Waals surface area (Å²) in [6, 6.07) is 6.98. The number of benzene rings is 1. The summed E-state index contributed by atoms with van der Waals surface area (Å²) in [7, 11) is 0. The lowest BCUT2D eigenvalue weighted by atomic mass is 10.3. The van der Waals surface area contributed by atoms with E-state index in [1.807, 2.05) is 31.2 Å². The van der Waals surface area contributed by atoms with Crippen molar-refractivity contribution in [2.75, 3.05) is 24.2 Å². The van der Waals surface area contributed by atoms with Crippen LogP contribution in [0.1, 0.15) is 6.92 Å². The van der Waals surface area contributed by atoms with Gasteiger partial charge in [0.15, 0.2) is 4.34 Å². The van der Waals surface area contributed by atoms with E-state index in [0.29, 0.717) is 22.6 Å². The Balaban J connectivity index is 1.85. The zero-order valence-electron chi connectivity index (χ0n) is 14.2. The minimum atomic E-state index is -0.553. The van der Waals surface area contributed by atoms with Crippen LogP contribution in [0, 0.1) is 0 Å². The van der Waals surface area contributed by atoms with E-state index in [9.17, 15) is 9.59 Å². The lowest BCUT2D eigenvalue weighted by Crippen LogP contribution is -2.40. The predicted molar refractivity (Wildman–Crippen MR) is 103 cm³/mol. The van der Waals surface area contributed by atoms with Gasteiger partial charge in [-0.2, -0.15) is 0 Å². The van der Waals surface area contributed by atoms with Gasteiger partial charge in [-0.3, -0.25) is 10.1 Å². The molecule has 0 aliphatic heterocycles. The second-order valence-corrected chi connectivity index (χ2v) is 6.96. The second-order valence-electron chi connectivity index (χ2n) is 4.76. The van der Waals surface area contributed by atoms with Gasteiger partial charge >= 0.3 is 6.03 Å². The van der Waals surface area contributed by atoms with Crippen molar-refractivity contribution in [3.05, 3.63) is 36.9 Å². The average molecular weight is 393 g/mol. The summed E-state index contributed by atoms with van der Waals surface area (Å²) < 4.78 is 6.17. The Labute approximate surface area is 159 Å². The molecule has 1 aromatic carbocycles. The smallest absolute Gasteiger partial charge is 0.321 e. The first-order chi connectivity index (χ1) is 12.6. The monoisotopic (exact) mass is 393 g/mol. The van der Waals surface area contributed by atoms with Crippen LogP contribution in [-0.2, 0) is 4.79 Å². The van der Waals surface area contributed by atoms with Crippen LogP contribution in [0.5, 0.6) is 5.75 Å². The van der Waals surface area contributed by atoms with Crippen molar-refractivity contribution in [1.29, 1.82) is 0 Å². The van der Waals surface area contributed by atoms with Gasteiger partial charge in [0, 0.05) is 6.54 Å². The van der Waals surface area contributed by atoms with Crippen LogP contribution in [0.2, 0.25) is 0 Å². The van der Waals surface area contributed by atoms with Crippen LogP contribution >= 0.6 is 23.1 Å². The SMILES string of the molecule is C=CCNC(=O)NC(=O)CSc1nnc(Nc2ccccc2OCC)s1. The van der Waals surface area contributed by atoms with Gasteiger partial charge < -0.3 is 15.4 Å². The molecule has 0 spiro atoms. The summed E-state index contributed by atoms with van der Waals surface area (Å²) in [5.41, 5.74) is 0.790. The lowest BCUT2D eigenvalue weighted by Gasteiger charge is -2.09. The number of thioether (sulfide) groups is 1. The van der Waals surface area contributed by atoms with Crippen molar-refractivity contribution in [2.45, 2.75) is 11.3 Å². The first-order valence-electron chi connectivity index (χ1n) is 7.76. The van der Waals surface area contributed by atoms with E-state index in [2.05, 4.69) is 32.7 Å². The first kappa shape index (κ1) is 19.7. The van der Waals surface area contributed by atoms with Crippen LogP contribution in [0.3, 0.4) is 0 Å². The number of hydrogen-bond donors (Lipinski definition) is 3. The molecular weight excluding hydrogens is 374 g/mol. The van der Waals surface area contributed by atoms with Crippen LogP contribution in [0.15, 0.2) is 41.3 Å². The Morgan fingerprint density at radius 2 is 2.15 bits per heavy atom. The Morgan fingerprint density at radius 3 is 2.92 bits per heavy atom. The lowest BCUT2D eigenvalue weighted by molar-refractivity contribution is -0.117. The maximum atomic E-state index is 11.7. The molecule has 0 bridgehead atoms.